The van der Waals surface area contributed by atoms with Gasteiger partial charge in [-0.25, -0.2) is 0 Å². The lowest BCUT2D eigenvalue weighted by atomic mass is 9.48. The van der Waals surface area contributed by atoms with Gasteiger partial charge < -0.3 is 10.2 Å². The highest BCUT2D eigenvalue weighted by molar-refractivity contribution is 6.19. The Morgan fingerprint density at radius 3 is 2.54 bits per heavy atom. The maximum atomic E-state index is 13.5. The third-order valence-corrected chi connectivity index (χ3v) is 10.7. The Labute approximate surface area is 221 Å². The van der Waals surface area contributed by atoms with E-state index in [1.807, 2.05) is 42.3 Å². The lowest BCUT2D eigenvalue weighted by Crippen LogP contribution is -2.61. The van der Waals surface area contributed by atoms with Crippen LogP contribution in [-0.4, -0.2) is 29.8 Å². The van der Waals surface area contributed by atoms with E-state index in [-0.39, 0.29) is 23.3 Å². The van der Waals surface area contributed by atoms with Crippen molar-refractivity contribution < 1.29 is 9.59 Å². The number of fused-ring (bicyclic) bond motifs is 5. The lowest BCUT2D eigenvalue weighted by Gasteiger charge is -2.60. The molecule has 37 heavy (non-hydrogen) atoms. The molecule has 3 aliphatic carbocycles. The molecule has 1 unspecified atom stereocenters. The van der Waals surface area contributed by atoms with Crippen LogP contribution in [0.4, 0.5) is 0 Å². The zero-order chi connectivity index (χ0) is 25.8. The van der Waals surface area contributed by atoms with Crippen LogP contribution in [0.15, 0.2) is 66.2 Å². The maximum Gasteiger partial charge on any atom is 0.259 e. The second kappa shape index (κ2) is 9.15. The number of rotatable bonds is 4. The molecule has 1 N–H and O–H groups in total. The number of benzene rings is 2. The molecule has 0 spiro atoms. The summed E-state index contributed by atoms with van der Waals surface area (Å²) in [5, 5.41) is 3.07. The molecule has 4 nitrogen and oxygen atoms in total. The molecule has 0 saturated heterocycles. The van der Waals surface area contributed by atoms with Crippen LogP contribution in [0.25, 0.3) is 11.1 Å². The zero-order valence-electron chi connectivity index (χ0n) is 22.5. The Hall–Kier alpha value is -2.88. The van der Waals surface area contributed by atoms with Crippen LogP contribution in [0.3, 0.4) is 0 Å². The minimum absolute atomic E-state index is 0.127. The van der Waals surface area contributed by atoms with E-state index in [2.05, 4.69) is 49.5 Å². The van der Waals surface area contributed by atoms with E-state index in [0.29, 0.717) is 29.4 Å². The highest BCUT2D eigenvalue weighted by atomic mass is 16.2. The number of nitrogens with one attached hydrogen (secondary N) is 1. The second-order valence-electron chi connectivity index (χ2n) is 12.6. The molecule has 2 amide bonds. The number of carbonyl (C=O) groups is 2. The van der Waals surface area contributed by atoms with Crippen LogP contribution in [0, 0.1) is 28.6 Å². The summed E-state index contributed by atoms with van der Waals surface area (Å²) in [6.45, 7) is 5.26. The molecule has 1 aliphatic heterocycles. The van der Waals surface area contributed by atoms with Crippen LogP contribution in [-0.2, 0) is 16.1 Å². The molecule has 3 saturated carbocycles. The van der Waals surface area contributed by atoms with Gasteiger partial charge in [0.25, 0.3) is 11.8 Å². The van der Waals surface area contributed by atoms with E-state index >= 15 is 0 Å². The predicted molar refractivity (Wildman–Crippen MR) is 147 cm³/mol. The molecule has 4 heteroatoms. The summed E-state index contributed by atoms with van der Waals surface area (Å²) in [5.41, 5.74) is 4.00. The zero-order valence-corrected chi connectivity index (χ0v) is 22.5. The number of hydrogen-bond donors (Lipinski definition) is 1. The first-order valence-corrected chi connectivity index (χ1v) is 14.2. The van der Waals surface area contributed by atoms with E-state index in [4.69, 9.17) is 0 Å². The summed E-state index contributed by atoms with van der Waals surface area (Å²) in [6.07, 6.45) is 10.9. The predicted octanol–water partition coefficient (Wildman–Crippen LogP) is 6.37. The van der Waals surface area contributed by atoms with E-state index in [1.165, 1.54) is 38.5 Å². The van der Waals surface area contributed by atoms with E-state index in [0.717, 1.165) is 29.0 Å². The van der Waals surface area contributed by atoms with Crippen molar-refractivity contribution in [3.8, 4) is 11.1 Å². The molecular weight excluding hydrogens is 456 g/mol. The van der Waals surface area contributed by atoms with Crippen LogP contribution in [0.2, 0.25) is 0 Å². The first kappa shape index (κ1) is 24.5. The molecule has 0 aromatic heterocycles. The smallest absolute Gasteiger partial charge is 0.259 e. The van der Waals surface area contributed by atoms with Crippen molar-refractivity contribution in [3.63, 3.8) is 0 Å². The quantitative estimate of drug-likeness (QED) is 0.500. The fraction of sp³-hybridized carbons (Fsp3) is 0.515. The van der Waals surface area contributed by atoms with E-state index < -0.39 is 0 Å². The first-order chi connectivity index (χ1) is 17.8. The minimum Gasteiger partial charge on any atom is -0.348 e. The van der Waals surface area contributed by atoms with E-state index in [1.54, 1.807) is 0 Å². The first-order valence-electron chi connectivity index (χ1n) is 14.2. The molecule has 6 rings (SSSR count). The van der Waals surface area contributed by atoms with Crippen molar-refractivity contribution >= 4 is 11.8 Å². The Morgan fingerprint density at radius 2 is 1.73 bits per heavy atom. The standard InChI is InChI=1S/C33H40N2O2/c1-32-17-8-13-27(32)25-14-15-29-33(2,28(25)16-18-32)20-26(31(37)35(29)3)30(36)34-21-22-9-7-12-24(19-22)23-10-5-4-6-11-23/h4-7,9-12,19-20,25,27-29H,8,13-18,21H2,1-3H3,(H,34,36)/t25-,27-,28+,29?,32-,33+/m0/s1. The number of amides is 2. The van der Waals surface area contributed by atoms with Gasteiger partial charge in [0.05, 0.1) is 0 Å². The van der Waals surface area contributed by atoms with Crippen molar-refractivity contribution in [3.05, 3.63) is 71.8 Å². The van der Waals surface area contributed by atoms with Crippen molar-refractivity contribution in [2.45, 2.75) is 71.4 Å². The maximum absolute atomic E-state index is 13.5. The molecule has 194 valence electrons. The highest BCUT2D eigenvalue weighted by Gasteiger charge is 2.59. The lowest BCUT2D eigenvalue weighted by molar-refractivity contribution is -0.141. The highest BCUT2D eigenvalue weighted by Crippen LogP contribution is 2.64. The Balaban J connectivity index is 1.23. The van der Waals surface area contributed by atoms with Gasteiger partial charge in [-0.2, -0.15) is 0 Å². The third-order valence-electron chi connectivity index (χ3n) is 10.7. The molecule has 3 fully saturated rings. The van der Waals surface area contributed by atoms with Gasteiger partial charge in [-0.3, -0.25) is 9.59 Å². The minimum atomic E-state index is -0.245. The molecule has 1 heterocycles. The van der Waals surface area contributed by atoms with Gasteiger partial charge in [-0.15, -0.1) is 0 Å². The summed E-state index contributed by atoms with van der Waals surface area (Å²) in [7, 11) is 1.91. The monoisotopic (exact) mass is 496 g/mol. The van der Waals surface area contributed by atoms with Crippen LogP contribution in [0.5, 0.6) is 0 Å². The SMILES string of the molecule is CN1C(=O)C(C(=O)NCc2cccc(-c3ccccc3)c2)=C[C@@]2(C)C1CC[C@@H]1[C@H]2CC[C@]2(C)CCC[C@@H]12. The molecular formula is C33H40N2O2. The molecule has 0 radical (unpaired) electrons. The van der Waals surface area contributed by atoms with Gasteiger partial charge in [-0.05, 0) is 84.5 Å². The summed E-state index contributed by atoms with van der Waals surface area (Å²) < 4.78 is 0. The Kier molecular flexibility index (Phi) is 6.05. The van der Waals surface area contributed by atoms with Gasteiger partial charge >= 0.3 is 0 Å². The molecule has 6 atom stereocenters. The Bertz CT molecular complexity index is 1240. The fourth-order valence-electron chi connectivity index (χ4n) is 8.81. The van der Waals surface area contributed by atoms with Crippen LogP contribution < -0.4 is 5.32 Å². The number of likely N-dealkylation sites (N-methyl/N-ethyl adjacent to an activating group) is 1. The van der Waals surface area contributed by atoms with Gasteiger partial charge in [-0.1, -0.05) is 74.9 Å². The van der Waals surface area contributed by atoms with Crippen molar-refractivity contribution in [1.82, 2.24) is 10.2 Å². The summed E-state index contributed by atoms with van der Waals surface area (Å²) in [4.78, 5) is 28.8. The average Bonchev–Trinajstić information content (AvgIpc) is 3.32. The van der Waals surface area contributed by atoms with E-state index in [9.17, 15) is 9.59 Å². The average molecular weight is 497 g/mol. The fourth-order valence-corrected chi connectivity index (χ4v) is 8.81. The molecule has 4 aliphatic rings. The number of hydrogen-bond acceptors (Lipinski definition) is 2. The van der Waals surface area contributed by atoms with Gasteiger partial charge in [0, 0.05) is 25.0 Å². The van der Waals surface area contributed by atoms with Gasteiger partial charge in [0.15, 0.2) is 0 Å². The summed E-state index contributed by atoms with van der Waals surface area (Å²) in [5.74, 6) is 1.69. The number of carbonyl (C=O) groups excluding carboxylic acids is 2. The molecule has 0 bridgehead atoms. The van der Waals surface area contributed by atoms with Crippen LogP contribution >= 0.6 is 0 Å². The third kappa shape index (κ3) is 4.04. The van der Waals surface area contributed by atoms with Gasteiger partial charge in [0.1, 0.15) is 5.57 Å². The topological polar surface area (TPSA) is 49.4 Å². The second-order valence-corrected chi connectivity index (χ2v) is 12.6. The normalized spacial score (nSPS) is 34.7. The van der Waals surface area contributed by atoms with Crippen molar-refractivity contribution in [2.24, 2.45) is 28.6 Å². The Morgan fingerprint density at radius 1 is 0.946 bits per heavy atom. The molecule has 2 aromatic rings. The summed E-state index contributed by atoms with van der Waals surface area (Å²) in [6, 6.07) is 18.7. The molecule has 2 aromatic carbocycles. The summed E-state index contributed by atoms with van der Waals surface area (Å²) >= 11 is 0. The van der Waals surface area contributed by atoms with Crippen molar-refractivity contribution in [2.75, 3.05) is 7.05 Å². The number of nitrogens with zero attached hydrogens (tertiary/aromatic N) is 1. The van der Waals surface area contributed by atoms with Crippen LogP contribution in [0.1, 0.15) is 64.4 Å². The largest absolute Gasteiger partial charge is 0.348 e. The van der Waals surface area contributed by atoms with Gasteiger partial charge in [0.2, 0.25) is 0 Å². The van der Waals surface area contributed by atoms with Crippen molar-refractivity contribution in [1.29, 1.82) is 0 Å².